The van der Waals surface area contributed by atoms with Crippen molar-refractivity contribution in [2.45, 2.75) is 6.54 Å². The number of thiophene rings is 1. The lowest BCUT2D eigenvalue weighted by atomic mass is 10.2. The first-order valence-corrected chi connectivity index (χ1v) is 6.36. The van der Waals surface area contributed by atoms with E-state index < -0.39 is 0 Å². The first-order chi connectivity index (χ1) is 8.75. The van der Waals surface area contributed by atoms with Crippen LogP contribution in [0.1, 0.15) is 15.2 Å². The summed E-state index contributed by atoms with van der Waals surface area (Å²) in [6.45, 7) is 0.564. The van der Waals surface area contributed by atoms with Crippen molar-refractivity contribution < 1.29 is 9.18 Å². The summed E-state index contributed by atoms with van der Waals surface area (Å²) in [6, 6.07) is 9.87. The van der Waals surface area contributed by atoms with E-state index in [4.69, 9.17) is 0 Å². The van der Waals surface area contributed by atoms with Crippen molar-refractivity contribution in [3.8, 4) is 0 Å². The molecule has 2 aromatic rings. The van der Waals surface area contributed by atoms with Crippen LogP contribution in [0.25, 0.3) is 0 Å². The number of carbonyl (C=O) groups is 1. The standard InChI is InChI=1S/C14H12FNOS/c15-12-5-3-11(4-6-12)10-16-8-7-13(17)14-2-1-9-18-14/h1-9,16H,10H2/b8-7+. The summed E-state index contributed by atoms with van der Waals surface area (Å²) in [5.74, 6) is -0.265. The van der Waals surface area contributed by atoms with Gasteiger partial charge in [-0.2, -0.15) is 0 Å². The molecule has 0 saturated heterocycles. The van der Waals surface area contributed by atoms with Gasteiger partial charge in [0.25, 0.3) is 0 Å². The van der Waals surface area contributed by atoms with Crippen LogP contribution in [0.15, 0.2) is 54.1 Å². The topological polar surface area (TPSA) is 29.1 Å². The molecule has 1 heterocycles. The monoisotopic (exact) mass is 261 g/mol. The van der Waals surface area contributed by atoms with Crippen LogP contribution in [-0.2, 0) is 6.54 Å². The Bertz CT molecular complexity index is 531. The van der Waals surface area contributed by atoms with E-state index in [0.29, 0.717) is 6.54 Å². The van der Waals surface area contributed by atoms with Crippen molar-refractivity contribution in [1.29, 1.82) is 0 Å². The number of hydrogen-bond donors (Lipinski definition) is 1. The molecule has 2 nitrogen and oxygen atoms in total. The third-order valence-corrected chi connectivity index (χ3v) is 3.22. The highest BCUT2D eigenvalue weighted by Crippen LogP contribution is 2.09. The molecule has 0 amide bonds. The van der Waals surface area contributed by atoms with Crippen LogP contribution in [0, 0.1) is 5.82 Å². The highest BCUT2D eigenvalue weighted by atomic mass is 32.1. The molecule has 1 aromatic carbocycles. The van der Waals surface area contributed by atoms with Crippen molar-refractivity contribution >= 4 is 17.1 Å². The van der Waals surface area contributed by atoms with Crippen LogP contribution in [0.5, 0.6) is 0 Å². The SMILES string of the molecule is O=C(/C=C/NCc1ccc(F)cc1)c1cccs1. The Kier molecular flexibility index (Phi) is 4.25. The molecule has 0 saturated carbocycles. The highest BCUT2D eigenvalue weighted by Gasteiger charge is 2.00. The molecule has 0 fully saturated rings. The Morgan fingerprint density at radius 2 is 2.06 bits per heavy atom. The molecule has 0 atom stereocenters. The van der Waals surface area contributed by atoms with Gasteiger partial charge in [0.05, 0.1) is 4.88 Å². The van der Waals surface area contributed by atoms with Gasteiger partial charge in [0.1, 0.15) is 5.82 Å². The number of halogens is 1. The zero-order chi connectivity index (χ0) is 12.8. The lowest BCUT2D eigenvalue weighted by Gasteiger charge is -2.00. The maximum Gasteiger partial charge on any atom is 0.197 e. The zero-order valence-corrected chi connectivity index (χ0v) is 10.4. The van der Waals surface area contributed by atoms with Crippen LogP contribution in [-0.4, -0.2) is 5.78 Å². The van der Waals surface area contributed by atoms with Gasteiger partial charge in [-0.3, -0.25) is 4.79 Å². The molecule has 0 radical (unpaired) electrons. The van der Waals surface area contributed by atoms with Gasteiger partial charge < -0.3 is 5.32 Å². The number of carbonyl (C=O) groups excluding carboxylic acids is 1. The van der Waals surface area contributed by atoms with Gasteiger partial charge in [-0.05, 0) is 29.1 Å². The van der Waals surface area contributed by atoms with Gasteiger partial charge in [0.2, 0.25) is 0 Å². The predicted molar refractivity (Wildman–Crippen MR) is 71.0 cm³/mol. The van der Waals surface area contributed by atoms with E-state index >= 15 is 0 Å². The molecule has 0 aliphatic carbocycles. The minimum atomic E-state index is -0.248. The van der Waals surface area contributed by atoms with Gasteiger partial charge in [0, 0.05) is 18.8 Å². The van der Waals surface area contributed by atoms with Crippen LogP contribution in [0.2, 0.25) is 0 Å². The number of benzene rings is 1. The van der Waals surface area contributed by atoms with Crippen LogP contribution < -0.4 is 5.32 Å². The van der Waals surface area contributed by atoms with Gasteiger partial charge in [0.15, 0.2) is 5.78 Å². The molecular formula is C14H12FNOS. The Hall–Kier alpha value is -1.94. The maximum atomic E-state index is 12.7. The lowest BCUT2D eigenvalue weighted by Crippen LogP contribution is -2.05. The number of rotatable bonds is 5. The average molecular weight is 261 g/mol. The minimum Gasteiger partial charge on any atom is -0.387 e. The molecule has 1 aromatic heterocycles. The fourth-order valence-corrected chi connectivity index (χ4v) is 2.06. The highest BCUT2D eigenvalue weighted by molar-refractivity contribution is 7.12. The van der Waals surface area contributed by atoms with Crippen molar-refractivity contribution in [3.05, 3.63) is 70.3 Å². The summed E-state index contributed by atoms with van der Waals surface area (Å²) in [4.78, 5) is 12.3. The molecule has 0 unspecified atom stereocenters. The van der Waals surface area contributed by atoms with Crippen LogP contribution in [0.4, 0.5) is 4.39 Å². The van der Waals surface area contributed by atoms with Crippen molar-refractivity contribution in [3.63, 3.8) is 0 Å². The van der Waals surface area contributed by atoms with E-state index in [1.54, 1.807) is 24.4 Å². The quantitative estimate of drug-likeness (QED) is 0.660. The number of hydrogen-bond acceptors (Lipinski definition) is 3. The van der Waals surface area contributed by atoms with Crippen molar-refractivity contribution in [2.24, 2.45) is 0 Å². The summed E-state index contributed by atoms with van der Waals surface area (Å²) >= 11 is 1.42. The Morgan fingerprint density at radius 3 is 2.72 bits per heavy atom. The van der Waals surface area contributed by atoms with E-state index in [0.717, 1.165) is 10.4 Å². The number of nitrogens with one attached hydrogen (secondary N) is 1. The third-order valence-electron chi connectivity index (χ3n) is 2.34. The summed E-state index contributed by atoms with van der Waals surface area (Å²) < 4.78 is 12.7. The normalized spacial score (nSPS) is 10.7. The molecular weight excluding hydrogens is 249 g/mol. The largest absolute Gasteiger partial charge is 0.387 e. The summed E-state index contributed by atoms with van der Waals surface area (Å²) in [5, 5.41) is 4.86. The van der Waals surface area contributed by atoms with Gasteiger partial charge in [-0.1, -0.05) is 18.2 Å². The van der Waals surface area contributed by atoms with E-state index in [2.05, 4.69) is 5.32 Å². The maximum absolute atomic E-state index is 12.7. The van der Waals surface area contributed by atoms with Crippen molar-refractivity contribution in [1.82, 2.24) is 5.32 Å². The minimum absolute atomic E-state index is 0.0170. The second-order valence-corrected chi connectivity index (χ2v) is 4.63. The molecule has 92 valence electrons. The third kappa shape index (κ3) is 3.53. The molecule has 0 spiro atoms. The first kappa shape index (κ1) is 12.5. The molecule has 18 heavy (non-hydrogen) atoms. The predicted octanol–water partition coefficient (Wildman–Crippen LogP) is 3.37. The van der Waals surface area contributed by atoms with E-state index in [-0.39, 0.29) is 11.6 Å². The fraction of sp³-hybridized carbons (Fsp3) is 0.0714. The van der Waals surface area contributed by atoms with Gasteiger partial charge in [-0.15, -0.1) is 11.3 Å². The lowest BCUT2D eigenvalue weighted by molar-refractivity contribution is 0.105. The van der Waals surface area contributed by atoms with E-state index in [1.807, 2.05) is 11.4 Å². The van der Waals surface area contributed by atoms with Crippen molar-refractivity contribution in [2.75, 3.05) is 0 Å². The fourth-order valence-electron chi connectivity index (χ4n) is 1.41. The summed E-state index contributed by atoms with van der Waals surface area (Å²) in [7, 11) is 0. The van der Waals surface area contributed by atoms with E-state index in [9.17, 15) is 9.18 Å². The molecule has 0 aliphatic rings. The molecule has 0 bridgehead atoms. The van der Waals surface area contributed by atoms with Crippen LogP contribution >= 0.6 is 11.3 Å². The Morgan fingerprint density at radius 1 is 1.28 bits per heavy atom. The Labute approximate surface area is 109 Å². The van der Waals surface area contributed by atoms with Crippen LogP contribution in [0.3, 0.4) is 0 Å². The smallest absolute Gasteiger partial charge is 0.197 e. The number of ketones is 1. The zero-order valence-electron chi connectivity index (χ0n) is 9.60. The number of allylic oxidation sites excluding steroid dienone is 1. The average Bonchev–Trinajstić information content (AvgIpc) is 2.90. The molecule has 1 N–H and O–H groups in total. The van der Waals surface area contributed by atoms with E-state index in [1.165, 1.54) is 29.5 Å². The van der Waals surface area contributed by atoms with Gasteiger partial charge >= 0.3 is 0 Å². The molecule has 0 aliphatic heterocycles. The summed E-state index contributed by atoms with van der Waals surface area (Å²) in [6.07, 6.45) is 3.11. The van der Waals surface area contributed by atoms with Gasteiger partial charge in [-0.25, -0.2) is 4.39 Å². The molecule has 4 heteroatoms. The second-order valence-electron chi connectivity index (χ2n) is 3.68. The summed E-state index contributed by atoms with van der Waals surface area (Å²) in [5.41, 5.74) is 0.963. The first-order valence-electron chi connectivity index (χ1n) is 5.48. The molecule has 2 rings (SSSR count). The second kappa shape index (κ2) is 6.12. The Balaban J connectivity index is 1.82.